The molecule has 196 valence electrons. The lowest BCUT2D eigenvalue weighted by atomic mass is 10.0. The van der Waals surface area contributed by atoms with E-state index in [0.29, 0.717) is 28.3 Å². The zero-order valence-corrected chi connectivity index (χ0v) is 21.1. The third-order valence-electron chi connectivity index (χ3n) is 5.45. The lowest BCUT2D eigenvalue weighted by Crippen LogP contribution is -2.25. The van der Waals surface area contributed by atoms with E-state index in [2.05, 4.69) is 10.6 Å². The molecule has 3 aromatic rings. The van der Waals surface area contributed by atoms with E-state index in [9.17, 15) is 34.4 Å². The fourth-order valence-corrected chi connectivity index (χ4v) is 4.51. The van der Waals surface area contributed by atoms with E-state index in [1.807, 2.05) is 6.92 Å². The average Bonchev–Trinajstić information content (AvgIpc) is 2.87. The minimum Gasteiger partial charge on any atom is -0.478 e. The van der Waals surface area contributed by atoms with Gasteiger partial charge < -0.3 is 20.8 Å². The van der Waals surface area contributed by atoms with Crippen LogP contribution in [-0.2, 0) is 4.79 Å². The van der Waals surface area contributed by atoms with Gasteiger partial charge in [-0.15, -0.1) is 11.8 Å². The zero-order valence-electron chi connectivity index (χ0n) is 20.3. The van der Waals surface area contributed by atoms with Crippen LogP contribution in [0.2, 0.25) is 0 Å². The molecule has 0 aliphatic carbocycles. The second-order valence-electron chi connectivity index (χ2n) is 8.11. The van der Waals surface area contributed by atoms with Gasteiger partial charge in [-0.3, -0.25) is 19.7 Å². The van der Waals surface area contributed by atoms with Crippen LogP contribution in [0.15, 0.2) is 65.6 Å². The molecule has 0 spiro atoms. The first-order valence-electron chi connectivity index (χ1n) is 11.2. The maximum Gasteiger partial charge on any atom is 0.336 e. The quantitative estimate of drug-likeness (QED) is 0.156. The predicted octanol–water partition coefficient (Wildman–Crippen LogP) is 5.06. The fourth-order valence-electron chi connectivity index (χ4n) is 3.50. The highest BCUT2D eigenvalue weighted by Gasteiger charge is 2.21. The van der Waals surface area contributed by atoms with E-state index < -0.39 is 33.6 Å². The van der Waals surface area contributed by atoms with Gasteiger partial charge in [0.2, 0.25) is 5.91 Å². The molecule has 0 fully saturated rings. The van der Waals surface area contributed by atoms with Crippen molar-refractivity contribution in [1.29, 1.82) is 0 Å². The molecule has 0 aromatic heterocycles. The molecule has 2 amide bonds. The molecular weight excluding hydrogens is 514 g/mol. The van der Waals surface area contributed by atoms with Gasteiger partial charge in [-0.25, -0.2) is 9.59 Å². The number of nitrogens with zero attached hydrogens (tertiary/aromatic N) is 1. The maximum absolute atomic E-state index is 12.9. The summed E-state index contributed by atoms with van der Waals surface area (Å²) in [6.45, 7) is 3.49. The lowest BCUT2D eigenvalue weighted by Gasteiger charge is -2.16. The molecule has 0 aliphatic heterocycles. The number of anilines is 2. The van der Waals surface area contributed by atoms with Crippen molar-refractivity contribution in [2.75, 3.05) is 10.6 Å². The van der Waals surface area contributed by atoms with Gasteiger partial charge in [0.05, 0.1) is 26.9 Å². The van der Waals surface area contributed by atoms with Gasteiger partial charge in [-0.1, -0.05) is 13.0 Å². The summed E-state index contributed by atoms with van der Waals surface area (Å²) < 4.78 is 0. The van der Waals surface area contributed by atoms with Crippen LogP contribution in [0.25, 0.3) is 0 Å². The van der Waals surface area contributed by atoms with E-state index in [1.54, 1.807) is 31.2 Å². The highest BCUT2D eigenvalue weighted by molar-refractivity contribution is 8.00. The minimum atomic E-state index is -1.44. The molecule has 1 unspecified atom stereocenters. The Balaban J connectivity index is 1.74. The van der Waals surface area contributed by atoms with E-state index in [-0.39, 0.29) is 22.7 Å². The van der Waals surface area contributed by atoms with Crippen molar-refractivity contribution >= 4 is 52.6 Å². The molecular formula is C26H23N3O8S. The topological polar surface area (TPSA) is 176 Å². The Kier molecular flexibility index (Phi) is 8.81. The Morgan fingerprint density at radius 2 is 1.68 bits per heavy atom. The van der Waals surface area contributed by atoms with Gasteiger partial charge in [-0.2, -0.15) is 0 Å². The largest absolute Gasteiger partial charge is 0.478 e. The molecule has 0 heterocycles. The third kappa shape index (κ3) is 6.73. The molecule has 12 heteroatoms. The smallest absolute Gasteiger partial charge is 0.336 e. The van der Waals surface area contributed by atoms with Gasteiger partial charge in [-0.05, 0) is 61.4 Å². The number of nitrogens with one attached hydrogen (secondary N) is 2. The summed E-state index contributed by atoms with van der Waals surface area (Å²) in [7, 11) is 0. The molecule has 0 radical (unpaired) electrons. The molecule has 3 rings (SSSR count). The number of aromatic carboxylic acids is 2. The summed E-state index contributed by atoms with van der Waals surface area (Å²) in [6.07, 6.45) is 0.469. The molecule has 11 nitrogen and oxygen atoms in total. The molecule has 0 saturated carbocycles. The van der Waals surface area contributed by atoms with Crippen molar-refractivity contribution in [1.82, 2.24) is 0 Å². The second kappa shape index (κ2) is 12.0. The summed E-state index contributed by atoms with van der Waals surface area (Å²) in [5.74, 6) is -3.79. The number of nitro benzene ring substituents is 1. The van der Waals surface area contributed by atoms with E-state index in [4.69, 9.17) is 5.11 Å². The number of hydrogen-bond acceptors (Lipinski definition) is 7. The Labute approximate surface area is 221 Å². The molecule has 0 bridgehead atoms. The number of carbonyl (C=O) groups is 4. The Bertz CT molecular complexity index is 1440. The number of nitro groups is 1. The number of carbonyl (C=O) groups excluding carboxylic acids is 2. The first-order valence-corrected chi connectivity index (χ1v) is 12.1. The third-order valence-corrected chi connectivity index (χ3v) is 6.81. The van der Waals surface area contributed by atoms with Crippen molar-refractivity contribution < 1.29 is 34.3 Å². The fraction of sp³-hybridized carbons (Fsp3) is 0.154. The Morgan fingerprint density at radius 3 is 2.29 bits per heavy atom. The van der Waals surface area contributed by atoms with Crippen LogP contribution < -0.4 is 10.6 Å². The van der Waals surface area contributed by atoms with Crippen LogP contribution in [0, 0.1) is 17.0 Å². The van der Waals surface area contributed by atoms with Crippen molar-refractivity contribution in [3.63, 3.8) is 0 Å². The van der Waals surface area contributed by atoms with Crippen molar-refractivity contribution in [2.24, 2.45) is 0 Å². The van der Waals surface area contributed by atoms with Crippen LogP contribution in [0.1, 0.15) is 50.0 Å². The number of benzene rings is 3. The number of aryl methyl sites for hydroxylation is 1. The summed E-state index contributed by atoms with van der Waals surface area (Å²) in [6, 6.07) is 14.0. The number of carboxylic acid groups (broad SMARTS) is 2. The summed E-state index contributed by atoms with van der Waals surface area (Å²) in [4.78, 5) is 59.5. The number of thioether (sulfide) groups is 1. The van der Waals surface area contributed by atoms with Crippen LogP contribution in [0.4, 0.5) is 17.1 Å². The summed E-state index contributed by atoms with van der Waals surface area (Å²) >= 11 is 1.25. The minimum absolute atomic E-state index is 0.0749. The van der Waals surface area contributed by atoms with Crippen LogP contribution >= 0.6 is 11.8 Å². The van der Waals surface area contributed by atoms with Gasteiger partial charge in [0.25, 0.3) is 11.6 Å². The molecule has 0 saturated heterocycles. The Hall–Kier alpha value is -4.71. The second-order valence-corrected chi connectivity index (χ2v) is 9.39. The molecule has 38 heavy (non-hydrogen) atoms. The normalized spacial score (nSPS) is 11.3. The van der Waals surface area contributed by atoms with Crippen molar-refractivity contribution in [3.8, 4) is 0 Å². The monoisotopic (exact) mass is 537 g/mol. The van der Waals surface area contributed by atoms with E-state index in [0.717, 1.165) is 18.2 Å². The van der Waals surface area contributed by atoms with Gasteiger partial charge >= 0.3 is 11.9 Å². The summed E-state index contributed by atoms with van der Waals surface area (Å²) in [5, 5.41) is 34.4. The number of hydrogen-bond donors (Lipinski definition) is 4. The van der Waals surface area contributed by atoms with Crippen LogP contribution in [-0.4, -0.2) is 44.1 Å². The van der Waals surface area contributed by atoms with Gasteiger partial charge in [0, 0.05) is 28.4 Å². The predicted molar refractivity (Wildman–Crippen MR) is 141 cm³/mol. The highest BCUT2D eigenvalue weighted by atomic mass is 32.2. The van der Waals surface area contributed by atoms with E-state index >= 15 is 0 Å². The number of non-ortho nitro benzene ring substituents is 1. The van der Waals surface area contributed by atoms with E-state index in [1.165, 1.54) is 30.0 Å². The van der Waals surface area contributed by atoms with Crippen LogP contribution in [0.5, 0.6) is 0 Å². The molecule has 1 atom stereocenters. The van der Waals surface area contributed by atoms with Gasteiger partial charge in [0.15, 0.2) is 0 Å². The zero-order chi connectivity index (χ0) is 28.0. The molecule has 3 aromatic carbocycles. The first kappa shape index (κ1) is 27.9. The highest BCUT2D eigenvalue weighted by Crippen LogP contribution is 2.30. The average molecular weight is 538 g/mol. The van der Waals surface area contributed by atoms with Crippen molar-refractivity contribution in [3.05, 3.63) is 93.0 Å². The molecule has 4 N–H and O–H groups in total. The van der Waals surface area contributed by atoms with Crippen molar-refractivity contribution in [2.45, 2.75) is 30.4 Å². The number of carboxylic acids is 2. The lowest BCUT2D eigenvalue weighted by molar-refractivity contribution is -0.384. The van der Waals surface area contributed by atoms with Gasteiger partial charge in [0.1, 0.15) is 0 Å². The first-order chi connectivity index (χ1) is 18.0. The SMILES string of the molecule is CCC(Sc1cccc(NC(=O)c2ccc(C(=O)O)cc2C(=O)O)c1)C(=O)Nc1ccc([N+](=O)[O-])cc1C. The number of amides is 2. The molecule has 0 aliphatic rings. The van der Waals surface area contributed by atoms with Crippen LogP contribution in [0.3, 0.4) is 0 Å². The maximum atomic E-state index is 12.9. The summed E-state index contributed by atoms with van der Waals surface area (Å²) in [5.41, 5.74) is 0.374. The Morgan fingerprint density at radius 1 is 0.947 bits per heavy atom. The standard InChI is InChI=1S/C26H23N3O8S/c1-3-22(24(31)28-21-10-8-17(29(36)37)11-14(21)2)38-18-6-4-5-16(13-18)27-23(30)19-9-7-15(25(32)33)12-20(19)26(34)35/h4-13,22H,3H2,1-2H3,(H,27,30)(H,28,31)(H,32,33)(H,34,35). The number of rotatable bonds is 10.